The van der Waals surface area contributed by atoms with Gasteiger partial charge in [-0.15, -0.1) is 0 Å². The summed E-state index contributed by atoms with van der Waals surface area (Å²) in [5.74, 6) is 0.553. The summed E-state index contributed by atoms with van der Waals surface area (Å²) < 4.78 is 6.27. The third-order valence-corrected chi connectivity index (χ3v) is 4.07. The highest BCUT2D eigenvalue weighted by Gasteiger charge is 2.22. The van der Waals surface area contributed by atoms with Gasteiger partial charge in [-0.25, -0.2) is 0 Å². The topological polar surface area (TPSA) is 52.3 Å². The number of methoxy groups -OCH3 is 1. The van der Waals surface area contributed by atoms with Crippen LogP contribution in [-0.2, 0) is 12.8 Å². The van der Waals surface area contributed by atoms with Gasteiger partial charge in [0.05, 0.1) is 23.7 Å². The van der Waals surface area contributed by atoms with Gasteiger partial charge in [0.2, 0.25) is 0 Å². The lowest BCUT2D eigenvalue weighted by atomic mass is 9.89. The van der Waals surface area contributed by atoms with E-state index in [2.05, 4.69) is 15.9 Å². The van der Waals surface area contributed by atoms with Gasteiger partial charge in [0.15, 0.2) is 5.78 Å². The Kier molecular flexibility index (Phi) is 3.84. The second-order valence-corrected chi connectivity index (χ2v) is 5.04. The summed E-state index contributed by atoms with van der Waals surface area (Å²) in [7, 11) is 1.59. The molecular weight excluding hydrogens is 282 g/mol. The van der Waals surface area contributed by atoms with Crippen molar-refractivity contribution in [3.8, 4) is 5.75 Å². The number of aryl methyl sites for hydroxylation is 1. The molecule has 2 rings (SSSR count). The van der Waals surface area contributed by atoms with Crippen molar-refractivity contribution in [2.45, 2.75) is 25.7 Å². The number of hydrogen-bond acceptors (Lipinski definition) is 3. The van der Waals surface area contributed by atoms with Gasteiger partial charge >= 0.3 is 0 Å². The number of Topliss-reactive ketones (excluding diaryl/α,β-unsaturated/α-hetero) is 1. The first-order chi connectivity index (χ1) is 8.19. The van der Waals surface area contributed by atoms with Crippen LogP contribution in [0.2, 0.25) is 0 Å². The van der Waals surface area contributed by atoms with Crippen molar-refractivity contribution >= 4 is 21.7 Å². The van der Waals surface area contributed by atoms with E-state index in [1.807, 2.05) is 6.07 Å². The second-order valence-electron chi connectivity index (χ2n) is 4.24. The van der Waals surface area contributed by atoms with Crippen LogP contribution in [-0.4, -0.2) is 19.4 Å². The first-order valence-corrected chi connectivity index (χ1v) is 6.59. The molecule has 0 fully saturated rings. The predicted octanol–water partition coefficient (Wildman–Crippen LogP) is 2.48. The fraction of sp³-hybridized carbons (Fsp3) is 0.462. The maximum absolute atomic E-state index is 11.8. The Morgan fingerprint density at radius 3 is 2.82 bits per heavy atom. The van der Waals surface area contributed by atoms with E-state index in [0.29, 0.717) is 11.3 Å². The molecule has 4 heteroatoms. The maximum Gasteiger partial charge on any atom is 0.180 e. The third-order valence-electron chi connectivity index (χ3n) is 3.23. The Balaban J connectivity index is 2.59. The molecule has 0 saturated heterocycles. The number of carbonyl (C=O) groups is 1. The number of halogens is 1. The minimum absolute atomic E-state index is 0.0155. The highest BCUT2D eigenvalue weighted by atomic mass is 79.9. The van der Waals surface area contributed by atoms with Gasteiger partial charge in [-0.05, 0) is 58.8 Å². The summed E-state index contributed by atoms with van der Waals surface area (Å²) in [6.45, 7) is 0.0155. The highest BCUT2D eigenvalue weighted by Crippen LogP contribution is 2.38. The van der Waals surface area contributed by atoms with Crippen LogP contribution >= 0.6 is 15.9 Å². The fourth-order valence-corrected chi connectivity index (χ4v) is 3.18. The lowest BCUT2D eigenvalue weighted by Crippen LogP contribution is -2.16. The molecule has 0 heterocycles. The van der Waals surface area contributed by atoms with E-state index in [4.69, 9.17) is 10.5 Å². The Bertz CT molecular complexity index is 457. The summed E-state index contributed by atoms with van der Waals surface area (Å²) in [5, 5.41) is 0. The quantitative estimate of drug-likeness (QED) is 0.872. The summed E-state index contributed by atoms with van der Waals surface area (Å²) in [5.41, 5.74) is 8.56. The molecule has 17 heavy (non-hydrogen) atoms. The number of ketones is 1. The van der Waals surface area contributed by atoms with Crippen molar-refractivity contribution in [3.63, 3.8) is 0 Å². The van der Waals surface area contributed by atoms with Crippen LogP contribution in [0.25, 0.3) is 0 Å². The molecule has 0 bridgehead atoms. The van der Waals surface area contributed by atoms with E-state index < -0.39 is 0 Å². The van der Waals surface area contributed by atoms with Crippen LogP contribution in [0, 0.1) is 0 Å². The first kappa shape index (κ1) is 12.6. The smallest absolute Gasteiger partial charge is 0.180 e. The molecule has 1 aromatic carbocycles. The number of ether oxygens (including phenoxy) is 1. The second kappa shape index (κ2) is 5.19. The molecule has 0 amide bonds. The zero-order valence-electron chi connectivity index (χ0n) is 9.88. The Morgan fingerprint density at radius 2 is 2.18 bits per heavy atom. The van der Waals surface area contributed by atoms with Crippen LogP contribution in [0.1, 0.15) is 34.3 Å². The first-order valence-electron chi connectivity index (χ1n) is 5.80. The molecule has 0 aromatic heterocycles. The number of carbonyl (C=O) groups excluding carboxylic acids is 1. The van der Waals surface area contributed by atoms with E-state index >= 15 is 0 Å². The van der Waals surface area contributed by atoms with Crippen LogP contribution < -0.4 is 10.5 Å². The van der Waals surface area contributed by atoms with Gasteiger partial charge < -0.3 is 10.5 Å². The van der Waals surface area contributed by atoms with Crippen molar-refractivity contribution < 1.29 is 9.53 Å². The molecule has 3 nitrogen and oxygen atoms in total. The molecule has 92 valence electrons. The molecule has 0 aliphatic heterocycles. The molecule has 0 saturated carbocycles. The minimum atomic E-state index is -0.0732. The van der Waals surface area contributed by atoms with Gasteiger partial charge in [-0.1, -0.05) is 0 Å². The van der Waals surface area contributed by atoms with E-state index in [1.54, 1.807) is 7.11 Å². The molecule has 0 spiro atoms. The van der Waals surface area contributed by atoms with Crippen LogP contribution in [0.5, 0.6) is 5.75 Å². The SMILES string of the molecule is COc1c(C(=O)CN)cc2c(c1Br)CCCC2. The Morgan fingerprint density at radius 1 is 1.47 bits per heavy atom. The van der Waals surface area contributed by atoms with E-state index in [0.717, 1.165) is 17.3 Å². The lowest BCUT2D eigenvalue weighted by Gasteiger charge is -2.21. The predicted molar refractivity (Wildman–Crippen MR) is 70.7 cm³/mol. The van der Waals surface area contributed by atoms with Crippen molar-refractivity contribution in [2.75, 3.05) is 13.7 Å². The molecule has 0 unspecified atom stereocenters. The van der Waals surface area contributed by atoms with E-state index in [-0.39, 0.29) is 12.3 Å². The van der Waals surface area contributed by atoms with Crippen molar-refractivity contribution in [3.05, 3.63) is 27.2 Å². The molecule has 1 aliphatic carbocycles. The summed E-state index contributed by atoms with van der Waals surface area (Å²) in [6, 6.07) is 1.95. The Hall–Kier alpha value is -0.870. The molecule has 0 radical (unpaired) electrons. The number of nitrogens with two attached hydrogens (primary N) is 1. The fourth-order valence-electron chi connectivity index (χ4n) is 2.35. The van der Waals surface area contributed by atoms with Crippen LogP contribution in [0.15, 0.2) is 10.5 Å². The van der Waals surface area contributed by atoms with Gasteiger partial charge in [0.25, 0.3) is 0 Å². The monoisotopic (exact) mass is 297 g/mol. The average molecular weight is 298 g/mol. The van der Waals surface area contributed by atoms with Crippen LogP contribution in [0.4, 0.5) is 0 Å². The van der Waals surface area contributed by atoms with Crippen molar-refractivity contribution in [1.29, 1.82) is 0 Å². The normalized spacial score (nSPS) is 14.3. The molecule has 0 atom stereocenters. The number of benzene rings is 1. The molecule has 1 aromatic rings. The number of hydrogen-bond donors (Lipinski definition) is 1. The van der Waals surface area contributed by atoms with Gasteiger partial charge in [-0.2, -0.15) is 0 Å². The Labute approximate surface area is 109 Å². The zero-order chi connectivity index (χ0) is 12.4. The largest absolute Gasteiger partial charge is 0.495 e. The number of fused-ring (bicyclic) bond motifs is 1. The average Bonchev–Trinajstić information content (AvgIpc) is 2.37. The number of rotatable bonds is 3. The molecule has 1 aliphatic rings. The lowest BCUT2D eigenvalue weighted by molar-refractivity contribution is 0.0998. The van der Waals surface area contributed by atoms with Gasteiger partial charge in [0.1, 0.15) is 5.75 Å². The van der Waals surface area contributed by atoms with E-state index in [1.165, 1.54) is 24.0 Å². The summed E-state index contributed by atoms with van der Waals surface area (Å²) >= 11 is 3.56. The zero-order valence-corrected chi connectivity index (χ0v) is 11.5. The maximum atomic E-state index is 11.8. The van der Waals surface area contributed by atoms with Gasteiger partial charge in [-0.3, -0.25) is 4.79 Å². The minimum Gasteiger partial charge on any atom is -0.495 e. The van der Waals surface area contributed by atoms with Crippen LogP contribution in [0.3, 0.4) is 0 Å². The van der Waals surface area contributed by atoms with Crippen molar-refractivity contribution in [2.24, 2.45) is 5.73 Å². The summed E-state index contributed by atoms with van der Waals surface area (Å²) in [4.78, 5) is 11.8. The summed E-state index contributed by atoms with van der Waals surface area (Å²) in [6.07, 6.45) is 4.45. The third kappa shape index (κ3) is 2.24. The standard InChI is InChI=1S/C13H16BrNO2/c1-17-13-10(11(16)7-15)6-8-4-2-3-5-9(8)12(13)14/h6H,2-5,7,15H2,1H3. The van der Waals surface area contributed by atoms with Gasteiger partial charge in [0, 0.05) is 0 Å². The molecule has 2 N–H and O–H groups in total. The van der Waals surface area contributed by atoms with E-state index in [9.17, 15) is 4.79 Å². The molecular formula is C13H16BrNO2. The van der Waals surface area contributed by atoms with Crippen molar-refractivity contribution in [1.82, 2.24) is 0 Å². The highest BCUT2D eigenvalue weighted by molar-refractivity contribution is 9.10.